The minimum atomic E-state index is 0.303. The van der Waals surface area contributed by atoms with Gasteiger partial charge in [-0.1, -0.05) is 26.2 Å². The molecule has 3 heteroatoms. The summed E-state index contributed by atoms with van der Waals surface area (Å²) in [5.41, 5.74) is 0. The van der Waals surface area contributed by atoms with Crippen molar-refractivity contribution in [1.29, 1.82) is 0 Å². The topological polar surface area (TPSA) is 32.3 Å². The van der Waals surface area contributed by atoms with Gasteiger partial charge in [0.2, 0.25) is 5.91 Å². The fraction of sp³-hybridized carbons (Fsp3) is 0.941. The molecule has 20 heavy (non-hydrogen) atoms. The highest BCUT2D eigenvalue weighted by molar-refractivity contribution is 5.78. The van der Waals surface area contributed by atoms with E-state index < -0.39 is 0 Å². The lowest BCUT2D eigenvalue weighted by Crippen LogP contribution is -2.43. The molecule has 0 spiro atoms. The maximum absolute atomic E-state index is 12.0. The number of likely N-dealkylation sites (tertiary alicyclic amines) is 1. The average molecular weight is 280 g/mol. The molecule has 2 unspecified atom stereocenters. The number of hydrogen-bond donors (Lipinski definition) is 1. The van der Waals surface area contributed by atoms with Crippen LogP contribution in [0, 0.1) is 11.8 Å². The van der Waals surface area contributed by atoms with Crippen LogP contribution in [0.2, 0.25) is 0 Å². The van der Waals surface area contributed by atoms with Gasteiger partial charge in [0.25, 0.3) is 0 Å². The van der Waals surface area contributed by atoms with Gasteiger partial charge in [0.05, 0.1) is 0 Å². The number of carbonyl (C=O) groups is 1. The van der Waals surface area contributed by atoms with E-state index in [0.717, 1.165) is 38.3 Å². The van der Waals surface area contributed by atoms with Gasteiger partial charge in [-0.05, 0) is 51.5 Å². The lowest BCUT2D eigenvalue weighted by atomic mass is 9.88. The zero-order chi connectivity index (χ0) is 14.4. The first-order valence-corrected chi connectivity index (χ1v) is 8.70. The number of nitrogens with one attached hydrogen (secondary N) is 1. The molecule has 1 saturated heterocycles. The van der Waals surface area contributed by atoms with Gasteiger partial charge in [-0.25, -0.2) is 0 Å². The predicted molar refractivity (Wildman–Crippen MR) is 83.6 cm³/mol. The van der Waals surface area contributed by atoms with Gasteiger partial charge in [-0.2, -0.15) is 0 Å². The molecule has 0 bridgehead atoms. The molecule has 0 aromatic carbocycles. The number of carbonyl (C=O) groups excluding carboxylic acids is 1. The molecule has 1 amide bonds. The fourth-order valence-corrected chi connectivity index (χ4v) is 3.74. The van der Waals surface area contributed by atoms with Gasteiger partial charge in [0.1, 0.15) is 0 Å². The van der Waals surface area contributed by atoms with E-state index in [4.69, 9.17) is 0 Å². The molecule has 3 nitrogen and oxygen atoms in total. The molecule has 1 N–H and O–H groups in total. The minimum absolute atomic E-state index is 0.303. The van der Waals surface area contributed by atoms with Gasteiger partial charge in [0.15, 0.2) is 0 Å². The second-order valence-electron chi connectivity index (χ2n) is 6.88. The highest BCUT2D eigenvalue weighted by Gasteiger charge is 2.24. The van der Waals surface area contributed by atoms with Crippen LogP contribution in [-0.2, 0) is 4.79 Å². The van der Waals surface area contributed by atoms with E-state index in [9.17, 15) is 4.79 Å². The van der Waals surface area contributed by atoms with Crippen molar-refractivity contribution in [1.82, 2.24) is 10.2 Å². The van der Waals surface area contributed by atoms with Crippen molar-refractivity contribution in [3.8, 4) is 0 Å². The zero-order valence-corrected chi connectivity index (χ0v) is 13.4. The van der Waals surface area contributed by atoms with Crippen LogP contribution in [0.25, 0.3) is 0 Å². The Kier molecular flexibility index (Phi) is 6.34. The van der Waals surface area contributed by atoms with Crippen LogP contribution >= 0.6 is 0 Å². The van der Waals surface area contributed by atoms with E-state index in [2.05, 4.69) is 24.1 Å². The molecular weight excluding hydrogens is 248 g/mol. The van der Waals surface area contributed by atoms with Crippen LogP contribution < -0.4 is 5.32 Å². The molecular formula is C17H32N2O. The highest BCUT2D eigenvalue weighted by atomic mass is 16.1. The number of rotatable bonds is 5. The molecule has 0 aromatic heterocycles. The SMILES string of the molecule is CC1CCCN(CCCNC(=O)C2CCCCC2)C1C. The molecule has 1 aliphatic carbocycles. The Morgan fingerprint density at radius 3 is 2.60 bits per heavy atom. The first kappa shape index (κ1) is 15.8. The van der Waals surface area contributed by atoms with Crippen LogP contribution in [0.3, 0.4) is 0 Å². The molecule has 1 aliphatic heterocycles. The summed E-state index contributed by atoms with van der Waals surface area (Å²) >= 11 is 0. The van der Waals surface area contributed by atoms with Crippen molar-refractivity contribution in [3.63, 3.8) is 0 Å². The number of nitrogens with zero attached hydrogens (tertiary/aromatic N) is 1. The van der Waals surface area contributed by atoms with E-state index >= 15 is 0 Å². The van der Waals surface area contributed by atoms with Crippen molar-refractivity contribution >= 4 is 5.91 Å². The van der Waals surface area contributed by atoms with Gasteiger partial charge >= 0.3 is 0 Å². The van der Waals surface area contributed by atoms with E-state index in [1.165, 1.54) is 38.6 Å². The first-order valence-electron chi connectivity index (χ1n) is 8.70. The third-order valence-corrected chi connectivity index (χ3v) is 5.40. The van der Waals surface area contributed by atoms with Crippen molar-refractivity contribution in [3.05, 3.63) is 0 Å². The van der Waals surface area contributed by atoms with Crippen molar-refractivity contribution < 1.29 is 4.79 Å². The average Bonchev–Trinajstić information content (AvgIpc) is 2.48. The minimum Gasteiger partial charge on any atom is -0.356 e. The monoisotopic (exact) mass is 280 g/mol. The highest BCUT2D eigenvalue weighted by Crippen LogP contribution is 2.24. The molecule has 2 atom stereocenters. The van der Waals surface area contributed by atoms with Gasteiger partial charge in [-0.15, -0.1) is 0 Å². The summed E-state index contributed by atoms with van der Waals surface area (Å²) in [4.78, 5) is 14.6. The molecule has 116 valence electrons. The number of hydrogen-bond acceptors (Lipinski definition) is 2. The summed E-state index contributed by atoms with van der Waals surface area (Å²) in [6.07, 6.45) is 9.79. The fourth-order valence-electron chi connectivity index (χ4n) is 3.74. The summed E-state index contributed by atoms with van der Waals surface area (Å²) in [5, 5.41) is 3.15. The van der Waals surface area contributed by atoms with E-state index in [1.54, 1.807) is 0 Å². The van der Waals surface area contributed by atoms with Crippen LogP contribution in [-0.4, -0.2) is 36.5 Å². The summed E-state index contributed by atoms with van der Waals surface area (Å²) < 4.78 is 0. The Hall–Kier alpha value is -0.570. The maximum atomic E-state index is 12.0. The molecule has 0 aromatic rings. The van der Waals surface area contributed by atoms with Crippen molar-refractivity contribution in [2.24, 2.45) is 11.8 Å². The number of piperidine rings is 1. The second kappa shape index (κ2) is 8.02. The Bertz CT molecular complexity index is 299. The molecule has 1 heterocycles. The molecule has 2 fully saturated rings. The third-order valence-electron chi connectivity index (χ3n) is 5.40. The van der Waals surface area contributed by atoms with E-state index in [1.807, 2.05) is 0 Å². The standard InChI is InChI=1S/C17H32N2O/c1-14-8-6-12-19(15(14)2)13-7-11-18-17(20)16-9-4-3-5-10-16/h14-16H,3-13H2,1-2H3,(H,18,20). The summed E-state index contributed by atoms with van der Waals surface area (Å²) in [5.74, 6) is 1.43. The van der Waals surface area contributed by atoms with Crippen LogP contribution in [0.15, 0.2) is 0 Å². The number of amides is 1. The Labute approximate surface area is 124 Å². The third kappa shape index (κ3) is 4.47. The summed E-state index contributed by atoms with van der Waals surface area (Å²) in [6.45, 7) is 7.94. The van der Waals surface area contributed by atoms with Crippen molar-refractivity contribution in [2.45, 2.75) is 71.3 Å². The van der Waals surface area contributed by atoms with Crippen molar-refractivity contribution in [2.75, 3.05) is 19.6 Å². The van der Waals surface area contributed by atoms with E-state index in [0.29, 0.717) is 17.9 Å². The van der Waals surface area contributed by atoms with Crippen LogP contribution in [0.1, 0.15) is 65.2 Å². The van der Waals surface area contributed by atoms with Crippen LogP contribution in [0.4, 0.5) is 0 Å². The predicted octanol–water partition coefficient (Wildman–Crippen LogP) is 3.19. The second-order valence-corrected chi connectivity index (χ2v) is 6.88. The van der Waals surface area contributed by atoms with Gasteiger partial charge < -0.3 is 10.2 Å². The zero-order valence-electron chi connectivity index (χ0n) is 13.4. The quantitative estimate of drug-likeness (QED) is 0.784. The van der Waals surface area contributed by atoms with Gasteiger partial charge in [-0.3, -0.25) is 4.79 Å². The summed E-state index contributed by atoms with van der Waals surface area (Å²) in [7, 11) is 0. The smallest absolute Gasteiger partial charge is 0.223 e. The first-order chi connectivity index (χ1) is 9.68. The van der Waals surface area contributed by atoms with Crippen LogP contribution in [0.5, 0.6) is 0 Å². The molecule has 1 saturated carbocycles. The lowest BCUT2D eigenvalue weighted by molar-refractivity contribution is -0.125. The Balaban J connectivity index is 1.59. The largest absolute Gasteiger partial charge is 0.356 e. The lowest BCUT2D eigenvalue weighted by Gasteiger charge is -2.38. The Morgan fingerprint density at radius 2 is 1.85 bits per heavy atom. The summed E-state index contributed by atoms with van der Waals surface area (Å²) in [6, 6.07) is 0.706. The van der Waals surface area contributed by atoms with E-state index in [-0.39, 0.29) is 0 Å². The normalized spacial score (nSPS) is 29.3. The molecule has 0 radical (unpaired) electrons. The van der Waals surface area contributed by atoms with Gasteiger partial charge in [0, 0.05) is 25.0 Å². The molecule has 2 rings (SSSR count). The maximum Gasteiger partial charge on any atom is 0.223 e. The Morgan fingerprint density at radius 1 is 1.10 bits per heavy atom. The molecule has 2 aliphatic rings.